The second-order valence-electron chi connectivity index (χ2n) is 7.03. The van der Waals surface area contributed by atoms with Gasteiger partial charge in [0.2, 0.25) is 0 Å². The van der Waals surface area contributed by atoms with Crippen molar-refractivity contribution in [2.24, 2.45) is 10.2 Å². The fraction of sp³-hybridized carbons (Fsp3) is 0.0870. The zero-order valence-corrected chi connectivity index (χ0v) is 18.3. The number of rotatable bonds is 5. The summed E-state index contributed by atoms with van der Waals surface area (Å²) in [5, 5.41) is 18.5. The Morgan fingerprint density at radius 1 is 0.969 bits per heavy atom. The molecule has 0 atom stereocenters. The van der Waals surface area contributed by atoms with Crippen LogP contribution in [-0.4, -0.2) is 19.4 Å². The van der Waals surface area contributed by atoms with E-state index >= 15 is 0 Å². The molecule has 2 N–H and O–H groups in total. The molecule has 32 heavy (non-hydrogen) atoms. The van der Waals surface area contributed by atoms with Gasteiger partial charge in [-0.15, -0.1) is 10.2 Å². The molecule has 7 nitrogen and oxygen atoms in total. The monoisotopic (exact) mass is 467 g/mol. The summed E-state index contributed by atoms with van der Waals surface area (Å²) in [7, 11) is -3.87. The molecule has 1 aliphatic rings. The highest BCUT2D eigenvalue weighted by Crippen LogP contribution is 2.41. The highest BCUT2D eigenvalue weighted by Gasteiger charge is 2.22. The first kappa shape index (κ1) is 21.7. The van der Waals surface area contributed by atoms with Crippen molar-refractivity contribution < 1.29 is 18.3 Å². The molecule has 1 amide bonds. The van der Waals surface area contributed by atoms with E-state index in [0.717, 1.165) is 0 Å². The minimum atomic E-state index is -3.87. The average molecular weight is 468 g/mol. The number of carbonyl (C=O) groups excluding carboxylic acids is 1. The number of carbonyl (C=O) groups is 1. The van der Waals surface area contributed by atoms with Gasteiger partial charge in [0, 0.05) is 5.56 Å². The van der Waals surface area contributed by atoms with E-state index in [2.05, 4.69) is 15.0 Å². The number of anilines is 1. The number of hydrogen-bond donors (Lipinski definition) is 2. The van der Waals surface area contributed by atoms with E-state index in [-0.39, 0.29) is 32.6 Å². The number of benzene rings is 3. The van der Waals surface area contributed by atoms with Crippen molar-refractivity contribution >= 4 is 38.9 Å². The molecule has 0 saturated carbocycles. The number of fused-ring (bicyclic) bond motifs is 1. The highest BCUT2D eigenvalue weighted by molar-refractivity contribution is 7.92. The molecule has 0 fully saturated rings. The summed E-state index contributed by atoms with van der Waals surface area (Å²) in [5.74, 6) is -0.832. The van der Waals surface area contributed by atoms with Crippen LogP contribution in [0.15, 0.2) is 87.9 Å². The molecule has 1 aliphatic carbocycles. The molecular weight excluding hydrogens is 450 g/mol. The zero-order chi connectivity index (χ0) is 22.7. The molecule has 3 aromatic rings. The largest absolute Gasteiger partial charge is 0.505 e. The molecule has 0 unspecified atom stereocenters. The maximum absolute atomic E-state index is 12.9. The smallest absolute Gasteiger partial charge is 0.296 e. The molecular formula is C23H18ClN3O4S. The van der Waals surface area contributed by atoms with Crippen LogP contribution >= 0.6 is 11.6 Å². The van der Waals surface area contributed by atoms with Gasteiger partial charge in [0.1, 0.15) is 11.4 Å². The number of allylic oxidation sites excluding steroid dienone is 2. The molecule has 0 aromatic heterocycles. The number of sulfonamides is 1. The van der Waals surface area contributed by atoms with Gasteiger partial charge in [-0.1, -0.05) is 54.1 Å². The third-order valence-corrected chi connectivity index (χ3v) is 6.67. The van der Waals surface area contributed by atoms with Gasteiger partial charge in [0.05, 0.1) is 21.2 Å². The van der Waals surface area contributed by atoms with Gasteiger partial charge in [-0.3, -0.25) is 9.52 Å². The lowest BCUT2D eigenvalue weighted by Crippen LogP contribution is -2.15. The zero-order valence-electron chi connectivity index (χ0n) is 16.7. The average Bonchev–Trinajstić information content (AvgIpc) is 2.80. The van der Waals surface area contributed by atoms with Gasteiger partial charge in [0.15, 0.2) is 0 Å². The van der Waals surface area contributed by atoms with Crippen LogP contribution in [0.25, 0.3) is 0 Å². The molecule has 162 valence electrons. The number of hydrogen-bond acceptors (Lipinski definition) is 5. The Balaban J connectivity index is 1.73. The Kier molecular flexibility index (Phi) is 6.07. The van der Waals surface area contributed by atoms with Gasteiger partial charge in [-0.25, -0.2) is 8.42 Å². The SMILES string of the molecule is O=C(N=Nc1cc(NS(=O)(=O)c2ccccc2)c2c(c1O)CC=CC2)c1ccccc1Cl. The van der Waals surface area contributed by atoms with E-state index in [9.17, 15) is 18.3 Å². The van der Waals surface area contributed by atoms with E-state index in [1.165, 1.54) is 24.3 Å². The van der Waals surface area contributed by atoms with E-state index in [4.69, 9.17) is 11.6 Å². The third-order valence-electron chi connectivity index (χ3n) is 4.96. The molecule has 0 heterocycles. The fourth-order valence-electron chi connectivity index (χ4n) is 3.37. The number of phenolic OH excluding ortho intramolecular Hbond substituents is 1. The van der Waals surface area contributed by atoms with Crippen LogP contribution in [0, 0.1) is 0 Å². The first-order valence-electron chi connectivity index (χ1n) is 9.68. The number of azo groups is 1. The van der Waals surface area contributed by atoms with Crippen molar-refractivity contribution in [1.29, 1.82) is 0 Å². The summed E-state index contributed by atoms with van der Waals surface area (Å²) in [6.45, 7) is 0. The lowest BCUT2D eigenvalue weighted by Gasteiger charge is -2.19. The molecule has 3 aromatic carbocycles. The van der Waals surface area contributed by atoms with Gasteiger partial charge in [0.25, 0.3) is 15.9 Å². The second kappa shape index (κ2) is 8.94. The summed E-state index contributed by atoms with van der Waals surface area (Å²) < 4.78 is 28.3. The predicted octanol–water partition coefficient (Wildman–Crippen LogP) is 5.43. The number of nitrogens with zero attached hydrogens (tertiary/aromatic N) is 2. The minimum absolute atomic E-state index is 0.0229. The standard InChI is InChI=1S/C23H18ClN3O4S/c24-19-13-7-6-12-18(19)23(29)26-25-21-14-20(16-10-4-5-11-17(16)22(21)28)27-32(30,31)15-8-2-1-3-9-15/h1-9,12-14,27-28H,10-11H2. The third kappa shape index (κ3) is 4.42. The molecule has 0 radical (unpaired) electrons. The van der Waals surface area contributed by atoms with Crippen LogP contribution in [0.3, 0.4) is 0 Å². The first-order valence-corrected chi connectivity index (χ1v) is 11.5. The quantitative estimate of drug-likeness (QED) is 0.296. The summed E-state index contributed by atoms with van der Waals surface area (Å²) in [6.07, 6.45) is 4.59. The van der Waals surface area contributed by atoms with Crippen molar-refractivity contribution in [3.05, 3.63) is 94.5 Å². The van der Waals surface area contributed by atoms with E-state index in [1.54, 1.807) is 36.4 Å². The number of phenols is 1. The molecule has 4 rings (SSSR count). The Morgan fingerprint density at radius 2 is 1.62 bits per heavy atom. The Labute approximate surface area is 190 Å². The molecule has 9 heteroatoms. The van der Waals surface area contributed by atoms with Crippen LogP contribution in [-0.2, 0) is 22.9 Å². The molecule has 0 bridgehead atoms. The summed E-state index contributed by atoms with van der Waals surface area (Å²) in [4.78, 5) is 12.5. The maximum Gasteiger partial charge on any atom is 0.296 e. The number of aromatic hydroxyl groups is 1. The summed E-state index contributed by atoms with van der Waals surface area (Å²) >= 11 is 6.03. The maximum atomic E-state index is 12.9. The molecule has 0 aliphatic heterocycles. The van der Waals surface area contributed by atoms with Crippen LogP contribution < -0.4 is 4.72 Å². The summed E-state index contributed by atoms with van der Waals surface area (Å²) in [5.41, 5.74) is 1.58. The minimum Gasteiger partial charge on any atom is -0.505 e. The fourth-order valence-corrected chi connectivity index (χ4v) is 4.69. The topological polar surface area (TPSA) is 108 Å². The first-order chi connectivity index (χ1) is 15.4. The summed E-state index contributed by atoms with van der Waals surface area (Å²) in [6, 6.07) is 15.7. The van der Waals surface area contributed by atoms with E-state index in [1.807, 2.05) is 12.2 Å². The van der Waals surface area contributed by atoms with Crippen molar-refractivity contribution in [3.63, 3.8) is 0 Å². The molecule has 0 spiro atoms. The van der Waals surface area contributed by atoms with Crippen LogP contribution in [0.4, 0.5) is 11.4 Å². The Morgan fingerprint density at radius 3 is 2.34 bits per heavy atom. The lowest BCUT2D eigenvalue weighted by molar-refractivity contribution is 0.0995. The van der Waals surface area contributed by atoms with Crippen molar-refractivity contribution in [2.45, 2.75) is 17.7 Å². The normalized spacial score (nSPS) is 13.2. The van der Waals surface area contributed by atoms with E-state index in [0.29, 0.717) is 24.0 Å². The van der Waals surface area contributed by atoms with Gasteiger partial charge < -0.3 is 5.11 Å². The number of halogens is 1. The second-order valence-corrected chi connectivity index (χ2v) is 9.12. The number of amides is 1. The van der Waals surface area contributed by atoms with Gasteiger partial charge >= 0.3 is 0 Å². The van der Waals surface area contributed by atoms with Crippen molar-refractivity contribution in [3.8, 4) is 5.75 Å². The lowest BCUT2D eigenvalue weighted by atomic mass is 9.93. The highest BCUT2D eigenvalue weighted by atomic mass is 35.5. The number of nitrogens with one attached hydrogen (secondary N) is 1. The van der Waals surface area contributed by atoms with Gasteiger partial charge in [-0.2, -0.15) is 0 Å². The van der Waals surface area contributed by atoms with Crippen LogP contribution in [0.5, 0.6) is 5.75 Å². The van der Waals surface area contributed by atoms with Crippen LogP contribution in [0.2, 0.25) is 5.02 Å². The van der Waals surface area contributed by atoms with Crippen molar-refractivity contribution in [1.82, 2.24) is 0 Å². The Bertz CT molecular complexity index is 1350. The molecule has 0 saturated heterocycles. The Hall–Kier alpha value is -3.49. The van der Waals surface area contributed by atoms with Crippen molar-refractivity contribution in [2.75, 3.05) is 4.72 Å². The predicted molar refractivity (Wildman–Crippen MR) is 122 cm³/mol. The van der Waals surface area contributed by atoms with Crippen LogP contribution in [0.1, 0.15) is 21.5 Å². The van der Waals surface area contributed by atoms with Gasteiger partial charge in [-0.05, 0) is 48.7 Å². The van der Waals surface area contributed by atoms with E-state index < -0.39 is 15.9 Å².